The summed E-state index contributed by atoms with van der Waals surface area (Å²) >= 11 is 3.29. The summed E-state index contributed by atoms with van der Waals surface area (Å²) in [6.07, 6.45) is 3.02. The van der Waals surface area contributed by atoms with Crippen molar-refractivity contribution in [3.05, 3.63) is 69.6 Å². The van der Waals surface area contributed by atoms with Crippen LogP contribution < -0.4 is 5.69 Å². The Kier molecular flexibility index (Phi) is 6.74. The van der Waals surface area contributed by atoms with Gasteiger partial charge in [0.25, 0.3) is 0 Å². The van der Waals surface area contributed by atoms with Gasteiger partial charge in [-0.05, 0) is 64.9 Å². The second-order valence-electron chi connectivity index (χ2n) is 6.26. The lowest BCUT2D eigenvalue weighted by Gasteiger charge is -2.11. The predicted octanol–water partition coefficient (Wildman–Crippen LogP) is 4.12. The number of aryl methyl sites for hydroxylation is 3. The molecule has 1 aromatic heterocycles. The van der Waals surface area contributed by atoms with Gasteiger partial charge in [0, 0.05) is 12.8 Å². The maximum Gasteiger partial charge on any atom is 0.368 e. The average molecular weight is 414 g/mol. The standard InChI is InChI=1S/C20H23N5OS2/c1-5-15-9-7-10-16(12-15)21-19(27-4)28-13-17-14(2)8-6-11-18(17)25-20(26)24(3)22-23-25/h6-12H,5,13H2,1-4H3. The average Bonchev–Trinajstić information content (AvgIpc) is 3.04. The van der Waals surface area contributed by atoms with Crippen molar-refractivity contribution in [3.8, 4) is 5.69 Å². The third-order valence-electron chi connectivity index (χ3n) is 4.39. The second-order valence-corrected chi connectivity index (χ2v) is 8.28. The summed E-state index contributed by atoms with van der Waals surface area (Å²) in [6, 6.07) is 14.2. The Morgan fingerprint density at radius 3 is 2.64 bits per heavy atom. The van der Waals surface area contributed by atoms with Crippen LogP contribution in [0.4, 0.5) is 5.69 Å². The molecular weight excluding hydrogens is 390 g/mol. The smallest absolute Gasteiger partial charge is 0.244 e. The molecule has 0 aliphatic rings. The van der Waals surface area contributed by atoms with E-state index in [2.05, 4.69) is 29.5 Å². The first-order chi connectivity index (χ1) is 13.5. The molecule has 0 spiro atoms. The normalized spacial score (nSPS) is 11.8. The fourth-order valence-corrected chi connectivity index (χ4v) is 4.42. The van der Waals surface area contributed by atoms with Crippen LogP contribution in [0, 0.1) is 6.92 Å². The fourth-order valence-electron chi connectivity index (χ4n) is 2.76. The first kappa shape index (κ1) is 20.4. The molecule has 0 unspecified atom stereocenters. The first-order valence-corrected chi connectivity index (χ1v) is 11.2. The number of aliphatic imine (C=N–C) groups is 1. The van der Waals surface area contributed by atoms with Crippen molar-refractivity contribution < 1.29 is 0 Å². The van der Waals surface area contributed by atoms with Gasteiger partial charge in [0.15, 0.2) is 0 Å². The highest BCUT2D eigenvalue weighted by Crippen LogP contribution is 2.28. The Labute approximate surface area is 173 Å². The van der Waals surface area contributed by atoms with E-state index >= 15 is 0 Å². The molecule has 0 saturated heterocycles. The molecule has 0 amide bonds. The molecule has 0 aliphatic heterocycles. The molecule has 3 rings (SSSR count). The second kappa shape index (κ2) is 9.25. The predicted molar refractivity (Wildman–Crippen MR) is 119 cm³/mol. The first-order valence-electron chi connectivity index (χ1n) is 8.95. The number of tetrazole rings is 1. The van der Waals surface area contributed by atoms with E-state index in [0.29, 0.717) is 5.75 Å². The quantitative estimate of drug-likeness (QED) is 0.465. The number of hydrogen-bond donors (Lipinski definition) is 0. The minimum atomic E-state index is -0.257. The van der Waals surface area contributed by atoms with Crippen molar-refractivity contribution in [2.45, 2.75) is 26.0 Å². The van der Waals surface area contributed by atoms with E-state index in [4.69, 9.17) is 4.99 Å². The van der Waals surface area contributed by atoms with Crippen LogP contribution >= 0.6 is 23.5 Å². The van der Waals surface area contributed by atoms with Crippen LogP contribution in [0.2, 0.25) is 0 Å². The van der Waals surface area contributed by atoms with E-state index in [1.54, 1.807) is 30.6 Å². The maximum absolute atomic E-state index is 12.3. The molecule has 0 atom stereocenters. The van der Waals surface area contributed by atoms with E-state index in [0.717, 1.165) is 33.3 Å². The summed E-state index contributed by atoms with van der Waals surface area (Å²) in [5.74, 6) is 0.693. The topological polar surface area (TPSA) is 65.1 Å². The van der Waals surface area contributed by atoms with Gasteiger partial charge in [-0.25, -0.2) is 9.79 Å². The van der Waals surface area contributed by atoms with Gasteiger partial charge in [-0.15, -0.1) is 11.8 Å². The Hall–Kier alpha value is -2.32. The molecule has 28 heavy (non-hydrogen) atoms. The fraction of sp³-hybridized carbons (Fsp3) is 0.300. The largest absolute Gasteiger partial charge is 0.368 e. The molecule has 0 radical (unpaired) electrons. The van der Waals surface area contributed by atoms with Crippen LogP contribution in [0.15, 0.2) is 52.3 Å². The maximum atomic E-state index is 12.3. The highest BCUT2D eigenvalue weighted by Gasteiger charge is 2.14. The van der Waals surface area contributed by atoms with Crippen LogP contribution in [-0.2, 0) is 19.2 Å². The minimum absolute atomic E-state index is 0.257. The Morgan fingerprint density at radius 1 is 1.18 bits per heavy atom. The summed E-state index contributed by atoms with van der Waals surface area (Å²) in [5, 5.41) is 7.82. The zero-order valence-corrected chi connectivity index (χ0v) is 18.0. The van der Waals surface area contributed by atoms with Crippen LogP contribution in [0.1, 0.15) is 23.6 Å². The molecule has 0 saturated carbocycles. The van der Waals surface area contributed by atoms with Gasteiger partial charge in [-0.3, -0.25) is 0 Å². The molecule has 0 fully saturated rings. The summed E-state index contributed by atoms with van der Waals surface area (Å²) in [4.78, 5) is 17.1. The van der Waals surface area contributed by atoms with E-state index in [1.165, 1.54) is 14.9 Å². The van der Waals surface area contributed by atoms with Crippen molar-refractivity contribution in [2.75, 3.05) is 6.26 Å². The van der Waals surface area contributed by atoms with E-state index in [1.807, 2.05) is 43.5 Å². The third kappa shape index (κ3) is 4.56. The monoisotopic (exact) mass is 413 g/mol. The number of hydrogen-bond acceptors (Lipinski definition) is 6. The molecule has 0 N–H and O–H groups in total. The molecular formula is C20H23N5OS2. The number of benzene rings is 2. The molecule has 3 aromatic rings. The van der Waals surface area contributed by atoms with Crippen molar-refractivity contribution in [1.82, 2.24) is 19.8 Å². The zero-order valence-electron chi connectivity index (χ0n) is 16.4. The number of nitrogens with zero attached hydrogens (tertiary/aromatic N) is 5. The molecule has 146 valence electrons. The molecule has 1 heterocycles. The Bertz CT molecular complexity index is 1050. The van der Waals surface area contributed by atoms with Crippen molar-refractivity contribution in [3.63, 3.8) is 0 Å². The van der Waals surface area contributed by atoms with Crippen LogP contribution in [0.3, 0.4) is 0 Å². The van der Waals surface area contributed by atoms with E-state index in [9.17, 15) is 4.79 Å². The van der Waals surface area contributed by atoms with E-state index in [-0.39, 0.29) is 5.69 Å². The number of rotatable bonds is 5. The summed E-state index contributed by atoms with van der Waals surface area (Å²) < 4.78 is 3.56. The third-order valence-corrected chi connectivity index (χ3v) is 6.45. The van der Waals surface area contributed by atoms with Gasteiger partial charge < -0.3 is 0 Å². The van der Waals surface area contributed by atoms with Crippen LogP contribution in [0.5, 0.6) is 0 Å². The van der Waals surface area contributed by atoms with Crippen molar-refractivity contribution in [2.24, 2.45) is 12.0 Å². The SMILES string of the molecule is CCc1cccc(N=C(SC)SCc2c(C)cccc2-n2nnn(C)c2=O)c1. The van der Waals surface area contributed by atoms with Gasteiger partial charge in [0.1, 0.15) is 4.38 Å². The highest BCUT2D eigenvalue weighted by atomic mass is 32.2. The van der Waals surface area contributed by atoms with Gasteiger partial charge in [0.2, 0.25) is 0 Å². The number of thioether (sulfide) groups is 2. The lowest BCUT2D eigenvalue weighted by molar-refractivity contribution is 0.692. The molecule has 6 nitrogen and oxygen atoms in total. The van der Waals surface area contributed by atoms with Gasteiger partial charge in [0.05, 0.1) is 11.4 Å². The minimum Gasteiger partial charge on any atom is -0.244 e. The molecule has 8 heteroatoms. The van der Waals surface area contributed by atoms with Gasteiger partial charge in [-0.2, -0.15) is 9.36 Å². The summed E-state index contributed by atoms with van der Waals surface area (Å²) in [7, 11) is 1.60. The van der Waals surface area contributed by atoms with E-state index < -0.39 is 0 Å². The Morgan fingerprint density at radius 2 is 1.96 bits per heavy atom. The highest BCUT2D eigenvalue weighted by molar-refractivity contribution is 8.38. The Balaban J connectivity index is 1.88. The molecule has 2 aromatic carbocycles. The van der Waals surface area contributed by atoms with Crippen LogP contribution in [-0.4, -0.2) is 30.4 Å². The van der Waals surface area contributed by atoms with Gasteiger partial charge in [-0.1, -0.05) is 43.0 Å². The van der Waals surface area contributed by atoms with Crippen molar-refractivity contribution in [1.29, 1.82) is 0 Å². The number of aromatic nitrogens is 4. The zero-order chi connectivity index (χ0) is 20.1. The molecule has 0 aliphatic carbocycles. The lowest BCUT2D eigenvalue weighted by Crippen LogP contribution is -2.23. The van der Waals surface area contributed by atoms with Crippen LogP contribution in [0.25, 0.3) is 5.69 Å². The lowest BCUT2D eigenvalue weighted by atomic mass is 10.1. The van der Waals surface area contributed by atoms with Crippen molar-refractivity contribution >= 4 is 33.6 Å². The summed E-state index contributed by atoms with van der Waals surface area (Å²) in [5.41, 5.74) is 4.91. The summed E-state index contributed by atoms with van der Waals surface area (Å²) in [6.45, 7) is 4.18. The van der Waals surface area contributed by atoms with Gasteiger partial charge >= 0.3 is 5.69 Å². The molecule has 0 bridgehead atoms.